The molecule has 2 aliphatic carbocycles. The first-order chi connectivity index (χ1) is 9.26. The third-order valence-electron chi connectivity index (χ3n) is 4.48. The van der Waals surface area contributed by atoms with Gasteiger partial charge in [0.2, 0.25) is 0 Å². The standard InChI is InChI=1S/C15H17BrN2O/c16-11-3-4-13-14(7-11)18(12-5-9(6-12)8-19)17-15(13)10-1-2-10/h3-4,7,9-10,12,19H,1-2,5-6,8H2. The van der Waals surface area contributed by atoms with Gasteiger partial charge in [0.15, 0.2) is 0 Å². The van der Waals surface area contributed by atoms with E-state index in [0.717, 1.165) is 17.3 Å². The summed E-state index contributed by atoms with van der Waals surface area (Å²) in [6.07, 6.45) is 4.69. The van der Waals surface area contributed by atoms with E-state index in [4.69, 9.17) is 5.10 Å². The van der Waals surface area contributed by atoms with Crippen LogP contribution in [0.4, 0.5) is 0 Å². The molecule has 2 fully saturated rings. The van der Waals surface area contributed by atoms with Crippen molar-refractivity contribution >= 4 is 26.8 Å². The van der Waals surface area contributed by atoms with Crippen molar-refractivity contribution < 1.29 is 5.11 Å². The lowest BCUT2D eigenvalue weighted by Gasteiger charge is -2.34. The molecular formula is C15H17BrN2O. The van der Waals surface area contributed by atoms with Gasteiger partial charge in [-0.25, -0.2) is 0 Å². The monoisotopic (exact) mass is 320 g/mol. The highest BCUT2D eigenvalue weighted by Gasteiger charge is 2.34. The van der Waals surface area contributed by atoms with Crippen molar-refractivity contribution in [2.24, 2.45) is 5.92 Å². The molecule has 0 unspecified atom stereocenters. The Hall–Kier alpha value is -0.870. The number of aliphatic hydroxyl groups is 1. The lowest BCUT2D eigenvalue weighted by molar-refractivity contribution is 0.108. The van der Waals surface area contributed by atoms with Gasteiger partial charge in [-0.3, -0.25) is 4.68 Å². The van der Waals surface area contributed by atoms with Crippen LogP contribution in [0.25, 0.3) is 10.9 Å². The molecule has 1 aromatic carbocycles. The van der Waals surface area contributed by atoms with Gasteiger partial charge in [0, 0.05) is 22.4 Å². The van der Waals surface area contributed by atoms with Crippen LogP contribution in [0.2, 0.25) is 0 Å². The Morgan fingerprint density at radius 2 is 2.11 bits per heavy atom. The van der Waals surface area contributed by atoms with Crippen molar-refractivity contribution in [1.29, 1.82) is 0 Å². The number of aromatic nitrogens is 2. The Balaban J connectivity index is 1.79. The molecule has 2 aromatic rings. The van der Waals surface area contributed by atoms with E-state index in [2.05, 4.69) is 38.8 Å². The second-order valence-corrected chi connectivity index (χ2v) is 6.86. The van der Waals surface area contributed by atoms with E-state index in [1.807, 2.05) is 0 Å². The van der Waals surface area contributed by atoms with Gasteiger partial charge in [-0.1, -0.05) is 15.9 Å². The first-order valence-corrected chi connectivity index (χ1v) is 7.84. The summed E-state index contributed by atoms with van der Waals surface area (Å²) < 4.78 is 3.32. The highest BCUT2D eigenvalue weighted by Crippen LogP contribution is 2.45. The van der Waals surface area contributed by atoms with E-state index in [-0.39, 0.29) is 0 Å². The van der Waals surface area contributed by atoms with Gasteiger partial charge in [-0.15, -0.1) is 0 Å². The topological polar surface area (TPSA) is 38.0 Å². The molecule has 0 saturated heterocycles. The Morgan fingerprint density at radius 1 is 1.32 bits per heavy atom. The fraction of sp³-hybridized carbons (Fsp3) is 0.533. The summed E-state index contributed by atoms with van der Waals surface area (Å²) in [6.45, 7) is 0.314. The molecule has 0 aliphatic heterocycles. The second-order valence-electron chi connectivity index (χ2n) is 5.94. The van der Waals surface area contributed by atoms with E-state index in [9.17, 15) is 5.11 Å². The second kappa shape index (κ2) is 4.32. The summed E-state index contributed by atoms with van der Waals surface area (Å²) >= 11 is 3.56. The van der Waals surface area contributed by atoms with Crippen LogP contribution >= 0.6 is 15.9 Å². The SMILES string of the molecule is OCC1CC(n2nc(C3CC3)c3ccc(Br)cc32)C1. The summed E-state index contributed by atoms with van der Waals surface area (Å²) in [5.41, 5.74) is 2.53. The van der Waals surface area contributed by atoms with E-state index in [0.29, 0.717) is 24.5 Å². The largest absolute Gasteiger partial charge is 0.396 e. The third kappa shape index (κ3) is 1.93. The zero-order chi connectivity index (χ0) is 13.0. The number of nitrogens with zero attached hydrogens (tertiary/aromatic N) is 2. The van der Waals surface area contributed by atoms with Gasteiger partial charge < -0.3 is 5.11 Å². The average Bonchev–Trinajstić information content (AvgIpc) is 3.12. The summed E-state index contributed by atoms with van der Waals surface area (Å²) in [5.74, 6) is 1.15. The summed E-state index contributed by atoms with van der Waals surface area (Å²) in [6, 6.07) is 6.96. The van der Waals surface area contributed by atoms with Crippen molar-refractivity contribution in [1.82, 2.24) is 9.78 Å². The van der Waals surface area contributed by atoms with E-state index >= 15 is 0 Å². The molecule has 0 amide bonds. The highest BCUT2D eigenvalue weighted by atomic mass is 79.9. The van der Waals surface area contributed by atoms with Crippen LogP contribution < -0.4 is 0 Å². The van der Waals surface area contributed by atoms with Crippen molar-refractivity contribution in [3.63, 3.8) is 0 Å². The van der Waals surface area contributed by atoms with Gasteiger partial charge in [0.25, 0.3) is 0 Å². The predicted octanol–water partition coefficient (Wildman–Crippen LogP) is 3.62. The first kappa shape index (κ1) is 11.9. The van der Waals surface area contributed by atoms with Gasteiger partial charge in [0.05, 0.1) is 17.3 Å². The Labute approximate surface area is 120 Å². The molecule has 1 heterocycles. The number of halogens is 1. The van der Waals surface area contributed by atoms with E-state index in [1.54, 1.807) is 0 Å². The molecule has 4 heteroatoms. The number of fused-ring (bicyclic) bond motifs is 1. The minimum atomic E-state index is 0.314. The maximum absolute atomic E-state index is 9.17. The van der Waals surface area contributed by atoms with Crippen molar-refractivity contribution in [3.8, 4) is 0 Å². The minimum absolute atomic E-state index is 0.314. The van der Waals surface area contributed by atoms with Gasteiger partial charge >= 0.3 is 0 Å². The maximum atomic E-state index is 9.17. The van der Waals surface area contributed by atoms with Crippen LogP contribution in [0.5, 0.6) is 0 Å². The Bertz CT molecular complexity index is 626. The molecule has 3 nitrogen and oxygen atoms in total. The van der Waals surface area contributed by atoms with Crippen molar-refractivity contribution in [2.45, 2.75) is 37.6 Å². The molecule has 19 heavy (non-hydrogen) atoms. The van der Waals surface area contributed by atoms with Crippen LogP contribution in [-0.2, 0) is 0 Å². The first-order valence-electron chi connectivity index (χ1n) is 7.05. The molecule has 1 aromatic heterocycles. The molecule has 1 N–H and O–H groups in total. The third-order valence-corrected chi connectivity index (χ3v) is 4.97. The van der Waals surface area contributed by atoms with Crippen LogP contribution in [0.15, 0.2) is 22.7 Å². The average molecular weight is 321 g/mol. The number of hydrogen-bond acceptors (Lipinski definition) is 2. The summed E-state index contributed by atoms with van der Waals surface area (Å²) in [4.78, 5) is 0. The summed E-state index contributed by atoms with van der Waals surface area (Å²) in [5, 5.41) is 15.4. The smallest absolute Gasteiger partial charge is 0.0734 e. The molecule has 2 aliphatic rings. The van der Waals surface area contributed by atoms with Crippen LogP contribution in [0, 0.1) is 5.92 Å². The zero-order valence-corrected chi connectivity index (χ0v) is 12.3. The zero-order valence-electron chi connectivity index (χ0n) is 10.7. The fourth-order valence-corrected chi connectivity index (χ4v) is 3.47. The maximum Gasteiger partial charge on any atom is 0.0734 e. The Kier molecular flexibility index (Phi) is 2.71. The lowest BCUT2D eigenvalue weighted by atomic mass is 9.81. The Morgan fingerprint density at radius 3 is 2.79 bits per heavy atom. The molecule has 4 rings (SSSR count). The van der Waals surface area contributed by atoms with Gasteiger partial charge in [0.1, 0.15) is 0 Å². The molecule has 100 valence electrons. The van der Waals surface area contributed by atoms with Crippen LogP contribution in [0.3, 0.4) is 0 Å². The quantitative estimate of drug-likeness (QED) is 0.938. The van der Waals surface area contributed by atoms with Gasteiger partial charge in [-0.2, -0.15) is 5.10 Å². The molecule has 0 bridgehead atoms. The molecule has 0 atom stereocenters. The number of aliphatic hydroxyl groups excluding tert-OH is 1. The number of rotatable bonds is 3. The normalized spacial score (nSPS) is 26.6. The number of benzene rings is 1. The molecule has 0 spiro atoms. The minimum Gasteiger partial charge on any atom is -0.396 e. The molecule has 0 radical (unpaired) electrons. The highest BCUT2D eigenvalue weighted by molar-refractivity contribution is 9.10. The van der Waals surface area contributed by atoms with Crippen LogP contribution in [-0.4, -0.2) is 21.5 Å². The fourth-order valence-electron chi connectivity index (χ4n) is 3.12. The van der Waals surface area contributed by atoms with E-state index < -0.39 is 0 Å². The predicted molar refractivity (Wildman–Crippen MR) is 78.3 cm³/mol. The van der Waals surface area contributed by atoms with E-state index in [1.165, 1.54) is 29.4 Å². The van der Waals surface area contributed by atoms with Gasteiger partial charge in [-0.05, 0) is 49.8 Å². The van der Waals surface area contributed by atoms with Crippen LogP contribution in [0.1, 0.15) is 43.3 Å². The summed E-state index contributed by atoms with van der Waals surface area (Å²) in [7, 11) is 0. The number of hydrogen-bond donors (Lipinski definition) is 1. The lowest BCUT2D eigenvalue weighted by Crippen LogP contribution is -2.29. The molecular weight excluding hydrogens is 304 g/mol. The van der Waals surface area contributed by atoms with Crippen molar-refractivity contribution in [2.75, 3.05) is 6.61 Å². The molecule has 2 saturated carbocycles. The van der Waals surface area contributed by atoms with Crippen molar-refractivity contribution in [3.05, 3.63) is 28.4 Å².